The molecule has 1 unspecified atom stereocenters. The number of thiophene rings is 1. The van der Waals surface area contributed by atoms with Crippen molar-refractivity contribution >= 4 is 39.8 Å². The number of nitrogens with two attached hydrogens (primary N) is 1. The van der Waals surface area contributed by atoms with Crippen molar-refractivity contribution in [1.82, 2.24) is 0 Å². The third-order valence-electron chi connectivity index (χ3n) is 3.29. The van der Waals surface area contributed by atoms with E-state index in [0.29, 0.717) is 15.7 Å². The van der Waals surface area contributed by atoms with E-state index in [4.69, 9.17) is 10.5 Å². The van der Waals surface area contributed by atoms with Gasteiger partial charge < -0.3 is 15.4 Å². The zero-order chi connectivity index (χ0) is 14.7. The van der Waals surface area contributed by atoms with E-state index in [1.807, 2.05) is 11.8 Å². The summed E-state index contributed by atoms with van der Waals surface area (Å²) in [6.45, 7) is 3.92. The number of rotatable bonds is 3. The van der Waals surface area contributed by atoms with Crippen LogP contribution in [0.4, 0.5) is 10.7 Å². The van der Waals surface area contributed by atoms with Gasteiger partial charge in [-0.15, -0.1) is 11.3 Å². The Hall–Kier alpha value is -1.39. The Bertz CT molecular complexity index is 551. The molecule has 2 rings (SSSR count). The Kier molecular flexibility index (Phi) is 4.78. The van der Waals surface area contributed by atoms with Gasteiger partial charge in [-0.3, -0.25) is 0 Å². The van der Waals surface area contributed by atoms with Crippen LogP contribution < -0.4 is 10.6 Å². The highest BCUT2D eigenvalue weighted by molar-refractivity contribution is 8.00. The van der Waals surface area contributed by atoms with Crippen LogP contribution in [0.2, 0.25) is 0 Å². The van der Waals surface area contributed by atoms with Crippen LogP contribution in [-0.2, 0) is 4.74 Å². The van der Waals surface area contributed by atoms with Crippen LogP contribution in [0.25, 0.3) is 0 Å². The maximum absolute atomic E-state index is 11.7. The molecule has 1 aromatic heterocycles. The second-order valence-corrected chi connectivity index (χ2v) is 6.88. The fourth-order valence-electron chi connectivity index (χ4n) is 2.16. The standard InChI is InChI=1S/C13H17N3O2S2/c1-3-8-7-16(4-5-19-8)12-9(6-14)10(15)11(20-12)13(17)18-2/h8H,3-5,7,15H2,1-2H3. The summed E-state index contributed by atoms with van der Waals surface area (Å²) in [7, 11) is 1.32. The normalized spacial score (nSPS) is 18.6. The van der Waals surface area contributed by atoms with Crippen molar-refractivity contribution in [2.75, 3.05) is 36.6 Å². The molecule has 0 spiro atoms. The van der Waals surface area contributed by atoms with Crippen molar-refractivity contribution in [3.05, 3.63) is 10.4 Å². The number of anilines is 2. The van der Waals surface area contributed by atoms with Crippen LogP contribution in [0.5, 0.6) is 0 Å². The van der Waals surface area contributed by atoms with Crippen molar-refractivity contribution in [3.63, 3.8) is 0 Å². The van der Waals surface area contributed by atoms with E-state index in [-0.39, 0.29) is 5.69 Å². The van der Waals surface area contributed by atoms with Crippen molar-refractivity contribution in [3.8, 4) is 6.07 Å². The number of methoxy groups -OCH3 is 1. The van der Waals surface area contributed by atoms with Crippen LogP contribution in [0.3, 0.4) is 0 Å². The van der Waals surface area contributed by atoms with E-state index >= 15 is 0 Å². The molecule has 0 amide bonds. The third kappa shape index (κ3) is 2.72. The number of nitrogens with zero attached hydrogens (tertiary/aromatic N) is 2. The lowest BCUT2D eigenvalue weighted by atomic mass is 10.2. The van der Waals surface area contributed by atoms with E-state index in [1.54, 1.807) is 0 Å². The fraction of sp³-hybridized carbons (Fsp3) is 0.538. The lowest BCUT2D eigenvalue weighted by Crippen LogP contribution is -2.37. The smallest absolute Gasteiger partial charge is 0.350 e. The SMILES string of the molecule is CCC1CN(c2sc(C(=O)OC)c(N)c2C#N)CCS1. The molecule has 1 aliphatic heterocycles. The van der Waals surface area contributed by atoms with Gasteiger partial charge in [-0.25, -0.2) is 4.79 Å². The number of nitriles is 1. The highest BCUT2D eigenvalue weighted by Gasteiger charge is 2.27. The predicted molar refractivity (Wildman–Crippen MR) is 83.5 cm³/mol. The van der Waals surface area contributed by atoms with Gasteiger partial charge in [0.1, 0.15) is 21.5 Å². The van der Waals surface area contributed by atoms with E-state index in [1.165, 1.54) is 18.4 Å². The summed E-state index contributed by atoms with van der Waals surface area (Å²) in [5.41, 5.74) is 6.56. The molecule has 1 atom stereocenters. The maximum Gasteiger partial charge on any atom is 0.350 e. The summed E-state index contributed by atoms with van der Waals surface area (Å²) in [5, 5.41) is 10.7. The molecule has 0 radical (unpaired) electrons. The minimum Gasteiger partial charge on any atom is -0.465 e. The first-order chi connectivity index (χ1) is 9.62. The summed E-state index contributed by atoms with van der Waals surface area (Å²) < 4.78 is 4.72. The molecule has 5 nitrogen and oxygen atoms in total. The Morgan fingerprint density at radius 3 is 3.00 bits per heavy atom. The monoisotopic (exact) mass is 311 g/mol. The second-order valence-electron chi connectivity index (χ2n) is 4.48. The number of carbonyl (C=O) groups is 1. The molecule has 1 aliphatic rings. The average Bonchev–Trinajstić information content (AvgIpc) is 2.83. The van der Waals surface area contributed by atoms with Crippen molar-refractivity contribution < 1.29 is 9.53 Å². The van der Waals surface area contributed by atoms with E-state index in [0.717, 1.165) is 30.3 Å². The molecule has 0 bridgehead atoms. The topological polar surface area (TPSA) is 79.3 Å². The van der Waals surface area contributed by atoms with Gasteiger partial charge >= 0.3 is 5.97 Å². The Morgan fingerprint density at radius 1 is 1.65 bits per heavy atom. The van der Waals surface area contributed by atoms with Crippen LogP contribution in [0, 0.1) is 11.3 Å². The number of esters is 1. The fourth-order valence-corrected chi connectivity index (χ4v) is 4.46. The minimum atomic E-state index is -0.478. The van der Waals surface area contributed by atoms with Crippen molar-refractivity contribution in [1.29, 1.82) is 5.26 Å². The van der Waals surface area contributed by atoms with E-state index in [2.05, 4.69) is 17.9 Å². The molecule has 0 aliphatic carbocycles. The van der Waals surface area contributed by atoms with E-state index < -0.39 is 5.97 Å². The van der Waals surface area contributed by atoms with Crippen molar-refractivity contribution in [2.45, 2.75) is 18.6 Å². The van der Waals surface area contributed by atoms with Crippen LogP contribution in [0.1, 0.15) is 28.6 Å². The van der Waals surface area contributed by atoms with Gasteiger partial charge in [0.25, 0.3) is 0 Å². The number of hydrogen-bond donors (Lipinski definition) is 1. The van der Waals surface area contributed by atoms with Gasteiger partial charge in [0.05, 0.1) is 12.8 Å². The first-order valence-corrected chi connectivity index (χ1v) is 8.26. The molecule has 2 heterocycles. The van der Waals surface area contributed by atoms with E-state index in [9.17, 15) is 10.1 Å². The summed E-state index contributed by atoms with van der Waals surface area (Å²) in [4.78, 5) is 14.2. The Balaban J connectivity index is 2.36. The molecule has 1 aromatic rings. The zero-order valence-corrected chi connectivity index (χ0v) is 13.1. The van der Waals surface area contributed by atoms with Gasteiger partial charge in [0.15, 0.2) is 0 Å². The molecule has 1 fully saturated rings. The molecule has 1 saturated heterocycles. The summed E-state index contributed by atoms with van der Waals surface area (Å²) in [5.74, 6) is 0.544. The molecule has 0 aromatic carbocycles. The first kappa shape index (κ1) is 15.0. The highest BCUT2D eigenvalue weighted by Crippen LogP contribution is 2.40. The molecular formula is C13H17N3O2S2. The Morgan fingerprint density at radius 2 is 2.40 bits per heavy atom. The molecule has 0 saturated carbocycles. The van der Waals surface area contributed by atoms with Gasteiger partial charge in [-0.1, -0.05) is 6.92 Å². The van der Waals surface area contributed by atoms with Gasteiger partial charge in [-0.2, -0.15) is 17.0 Å². The van der Waals surface area contributed by atoms with Crippen molar-refractivity contribution in [2.24, 2.45) is 0 Å². The lowest BCUT2D eigenvalue weighted by molar-refractivity contribution is 0.0607. The van der Waals surface area contributed by atoms with Crippen LogP contribution in [0.15, 0.2) is 0 Å². The molecular weight excluding hydrogens is 294 g/mol. The molecule has 7 heteroatoms. The molecule has 108 valence electrons. The molecule has 20 heavy (non-hydrogen) atoms. The number of ether oxygens (including phenoxy) is 1. The number of thioether (sulfide) groups is 1. The molecule has 2 N–H and O–H groups in total. The third-order valence-corrected chi connectivity index (χ3v) is 5.91. The summed E-state index contributed by atoms with van der Waals surface area (Å²) in [6.07, 6.45) is 1.09. The number of carbonyl (C=O) groups excluding carboxylic acids is 1. The van der Waals surface area contributed by atoms with Gasteiger partial charge in [-0.05, 0) is 6.42 Å². The van der Waals surface area contributed by atoms with Gasteiger partial charge in [0, 0.05) is 24.1 Å². The second kappa shape index (κ2) is 6.37. The zero-order valence-electron chi connectivity index (χ0n) is 11.5. The largest absolute Gasteiger partial charge is 0.465 e. The highest BCUT2D eigenvalue weighted by atomic mass is 32.2. The number of hydrogen-bond acceptors (Lipinski definition) is 7. The Labute approximate surface area is 126 Å². The summed E-state index contributed by atoms with van der Waals surface area (Å²) in [6, 6.07) is 2.12. The quantitative estimate of drug-likeness (QED) is 0.863. The predicted octanol–water partition coefficient (Wildman–Crippen LogP) is 2.32. The summed E-state index contributed by atoms with van der Waals surface area (Å²) >= 11 is 3.21. The van der Waals surface area contributed by atoms with Crippen LogP contribution in [-0.4, -0.2) is 37.2 Å². The first-order valence-electron chi connectivity index (χ1n) is 6.39. The lowest BCUT2D eigenvalue weighted by Gasteiger charge is -2.32. The van der Waals surface area contributed by atoms with Crippen LogP contribution >= 0.6 is 23.1 Å². The maximum atomic E-state index is 11.7. The number of nitrogen functional groups attached to an aromatic ring is 1. The average molecular weight is 311 g/mol. The van der Waals surface area contributed by atoms with Gasteiger partial charge in [0.2, 0.25) is 0 Å². The minimum absolute atomic E-state index is 0.241.